The summed E-state index contributed by atoms with van der Waals surface area (Å²) in [5.74, 6) is 0.705. The van der Waals surface area contributed by atoms with Crippen molar-refractivity contribution in [3.05, 3.63) is 18.0 Å². The fourth-order valence-corrected chi connectivity index (χ4v) is 2.37. The van der Waals surface area contributed by atoms with Gasteiger partial charge in [-0.15, -0.1) is 0 Å². The number of hydrogen-bond acceptors (Lipinski definition) is 4. The molecular weight excluding hydrogens is 200 g/mol. The molecule has 1 aromatic heterocycles. The molecule has 0 N–H and O–H groups in total. The predicted octanol–water partition coefficient (Wildman–Crippen LogP) is 2.12. The monoisotopic (exact) mass is 216 g/mol. The first-order valence-electron chi connectivity index (χ1n) is 5.77. The minimum absolute atomic E-state index is 0.443. The van der Waals surface area contributed by atoms with Crippen molar-refractivity contribution in [1.29, 1.82) is 5.26 Å². The van der Waals surface area contributed by atoms with E-state index >= 15 is 0 Å². The average Bonchev–Trinajstić information content (AvgIpc) is 2.70. The molecule has 0 amide bonds. The largest absolute Gasteiger partial charge is 0.335 e. The van der Waals surface area contributed by atoms with E-state index in [1.165, 1.54) is 12.8 Å². The SMILES string of the molecule is CCC1CCC(C)N1c1nccc(C#N)n1. The van der Waals surface area contributed by atoms with E-state index < -0.39 is 0 Å². The molecule has 4 heteroatoms. The van der Waals surface area contributed by atoms with Crippen LogP contribution in [-0.4, -0.2) is 22.1 Å². The van der Waals surface area contributed by atoms with Gasteiger partial charge in [0.2, 0.25) is 5.95 Å². The number of rotatable bonds is 2. The van der Waals surface area contributed by atoms with Gasteiger partial charge in [-0.1, -0.05) is 6.92 Å². The van der Waals surface area contributed by atoms with E-state index in [2.05, 4.69) is 34.8 Å². The molecule has 16 heavy (non-hydrogen) atoms. The third-order valence-corrected chi connectivity index (χ3v) is 3.25. The van der Waals surface area contributed by atoms with Crippen molar-refractivity contribution in [2.75, 3.05) is 4.90 Å². The molecule has 1 aliphatic heterocycles. The average molecular weight is 216 g/mol. The molecule has 4 nitrogen and oxygen atoms in total. The van der Waals surface area contributed by atoms with Gasteiger partial charge in [0.1, 0.15) is 11.8 Å². The van der Waals surface area contributed by atoms with Crippen molar-refractivity contribution in [1.82, 2.24) is 9.97 Å². The molecule has 1 aromatic rings. The second-order valence-electron chi connectivity index (χ2n) is 4.25. The van der Waals surface area contributed by atoms with Crippen LogP contribution in [0.15, 0.2) is 12.3 Å². The van der Waals surface area contributed by atoms with Crippen LogP contribution in [0.4, 0.5) is 5.95 Å². The summed E-state index contributed by atoms with van der Waals surface area (Å²) in [6.45, 7) is 4.38. The van der Waals surface area contributed by atoms with Gasteiger partial charge in [0.05, 0.1) is 0 Å². The van der Waals surface area contributed by atoms with Gasteiger partial charge in [0.15, 0.2) is 0 Å². The Labute approximate surface area is 95.9 Å². The summed E-state index contributed by atoms with van der Waals surface area (Å²) in [5, 5.41) is 8.84. The molecule has 0 bridgehead atoms. The molecule has 1 saturated heterocycles. The van der Waals surface area contributed by atoms with Crippen molar-refractivity contribution in [3.63, 3.8) is 0 Å². The Morgan fingerprint density at radius 1 is 1.56 bits per heavy atom. The quantitative estimate of drug-likeness (QED) is 0.759. The van der Waals surface area contributed by atoms with Gasteiger partial charge in [0, 0.05) is 18.3 Å². The van der Waals surface area contributed by atoms with Crippen LogP contribution in [0.1, 0.15) is 38.8 Å². The zero-order valence-electron chi connectivity index (χ0n) is 9.72. The lowest BCUT2D eigenvalue weighted by atomic mass is 10.2. The third kappa shape index (κ3) is 1.85. The van der Waals surface area contributed by atoms with E-state index in [-0.39, 0.29) is 0 Å². The van der Waals surface area contributed by atoms with Gasteiger partial charge < -0.3 is 4.90 Å². The van der Waals surface area contributed by atoms with E-state index in [1.807, 2.05) is 0 Å². The summed E-state index contributed by atoms with van der Waals surface area (Å²) in [4.78, 5) is 10.8. The van der Waals surface area contributed by atoms with Crippen LogP contribution in [0.25, 0.3) is 0 Å². The fourth-order valence-electron chi connectivity index (χ4n) is 2.37. The van der Waals surface area contributed by atoms with E-state index in [0.717, 1.165) is 6.42 Å². The number of nitrogens with zero attached hydrogens (tertiary/aromatic N) is 4. The Morgan fingerprint density at radius 2 is 2.38 bits per heavy atom. The molecule has 1 aliphatic rings. The van der Waals surface area contributed by atoms with Crippen LogP contribution in [0.5, 0.6) is 0 Å². The van der Waals surface area contributed by atoms with Crippen molar-refractivity contribution in [2.45, 2.75) is 45.2 Å². The van der Waals surface area contributed by atoms with Gasteiger partial charge in [0.25, 0.3) is 0 Å². The summed E-state index contributed by atoms with van der Waals surface area (Å²) in [5.41, 5.74) is 0.443. The molecular formula is C12H16N4. The molecule has 0 spiro atoms. The highest BCUT2D eigenvalue weighted by atomic mass is 15.3. The van der Waals surface area contributed by atoms with Crippen molar-refractivity contribution >= 4 is 5.95 Å². The molecule has 84 valence electrons. The lowest BCUT2D eigenvalue weighted by Gasteiger charge is -2.27. The Morgan fingerprint density at radius 3 is 3.06 bits per heavy atom. The van der Waals surface area contributed by atoms with E-state index in [1.54, 1.807) is 12.3 Å². The molecule has 0 radical (unpaired) electrons. The second-order valence-corrected chi connectivity index (χ2v) is 4.25. The Balaban J connectivity index is 2.31. The highest BCUT2D eigenvalue weighted by Crippen LogP contribution is 2.29. The smallest absolute Gasteiger partial charge is 0.227 e. The molecule has 2 heterocycles. The van der Waals surface area contributed by atoms with Gasteiger partial charge in [-0.25, -0.2) is 9.97 Å². The first-order chi connectivity index (χ1) is 7.76. The van der Waals surface area contributed by atoms with E-state index in [4.69, 9.17) is 5.26 Å². The van der Waals surface area contributed by atoms with Crippen LogP contribution in [0, 0.1) is 11.3 Å². The fraction of sp³-hybridized carbons (Fsp3) is 0.583. The molecule has 0 aromatic carbocycles. The Kier molecular flexibility index (Phi) is 3.04. The Hall–Kier alpha value is -1.63. The number of nitriles is 1. The zero-order chi connectivity index (χ0) is 11.5. The maximum atomic E-state index is 8.84. The molecule has 1 fully saturated rings. The van der Waals surface area contributed by atoms with Crippen LogP contribution < -0.4 is 4.90 Å². The Bertz CT molecular complexity index is 410. The van der Waals surface area contributed by atoms with Gasteiger partial charge >= 0.3 is 0 Å². The number of anilines is 1. The van der Waals surface area contributed by atoms with Gasteiger partial charge in [-0.2, -0.15) is 5.26 Å². The van der Waals surface area contributed by atoms with E-state index in [0.29, 0.717) is 23.7 Å². The van der Waals surface area contributed by atoms with Crippen LogP contribution in [0.3, 0.4) is 0 Å². The first kappa shape index (κ1) is 10.9. The summed E-state index contributed by atoms with van der Waals surface area (Å²) in [6.07, 6.45) is 5.14. The van der Waals surface area contributed by atoms with Crippen LogP contribution in [0.2, 0.25) is 0 Å². The topological polar surface area (TPSA) is 52.8 Å². The minimum atomic E-state index is 0.443. The standard InChI is InChI=1S/C12H16N4/c1-3-11-5-4-9(2)16(11)12-14-7-6-10(8-13)15-12/h6-7,9,11H,3-5H2,1-2H3. The number of hydrogen-bond donors (Lipinski definition) is 0. The summed E-state index contributed by atoms with van der Waals surface area (Å²) >= 11 is 0. The normalized spacial score (nSPS) is 24.4. The van der Waals surface area contributed by atoms with Crippen molar-refractivity contribution in [2.24, 2.45) is 0 Å². The lowest BCUT2D eigenvalue weighted by molar-refractivity contribution is 0.612. The summed E-state index contributed by atoms with van der Waals surface area (Å²) in [7, 11) is 0. The van der Waals surface area contributed by atoms with E-state index in [9.17, 15) is 0 Å². The second kappa shape index (κ2) is 4.48. The highest BCUT2D eigenvalue weighted by Gasteiger charge is 2.31. The van der Waals surface area contributed by atoms with Crippen LogP contribution >= 0.6 is 0 Å². The molecule has 2 atom stereocenters. The molecule has 0 saturated carbocycles. The van der Waals surface area contributed by atoms with Crippen LogP contribution in [-0.2, 0) is 0 Å². The molecule has 0 aliphatic carbocycles. The maximum Gasteiger partial charge on any atom is 0.227 e. The lowest BCUT2D eigenvalue weighted by Crippen LogP contribution is -2.35. The predicted molar refractivity (Wildman–Crippen MR) is 62.0 cm³/mol. The molecule has 2 unspecified atom stereocenters. The van der Waals surface area contributed by atoms with Crippen molar-refractivity contribution in [3.8, 4) is 6.07 Å². The van der Waals surface area contributed by atoms with Gasteiger partial charge in [-0.3, -0.25) is 0 Å². The maximum absolute atomic E-state index is 8.84. The summed E-state index contributed by atoms with van der Waals surface area (Å²) in [6, 6.07) is 4.69. The van der Waals surface area contributed by atoms with Crippen molar-refractivity contribution < 1.29 is 0 Å². The highest BCUT2D eigenvalue weighted by molar-refractivity contribution is 5.37. The summed E-state index contributed by atoms with van der Waals surface area (Å²) < 4.78 is 0. The first-order valence-corrected chi connectivity index (χ1v) is 5.77. The zero-order valence-corrected chi connectivity index (χ0v) is 9.72. The molecule has 2 rings (SSSR count). The third-order valence-electron chi connectivity index (χ3n) is 3.25. The van der Waals surface area contributed by atoms with Gasteiger partial charge in [-0.05, 0) is 32.3 Å². The number of aromatic nitrogens is 2. The minimum Gasteiger partial charge on any atom is -0.335 e.